The molecule has 1 N–H and O–H groups in total. The first-order valence-corrected chi connectivity index (χ1v) is 5.95. The van der Waals surface area contributed by atoms with E-state index in [0.717, 1.165) is 19.3 Å². The van der Waals surface area contributed by atoms with Gasteiger partial charge in [0.25, 0.3) is 5.91 Å². The molecule has 17 heavy (non-hydrogen) atoms. The molecule has 5 heteroatoms. The van der Waals surface area contributed by atoms with Crippen LogP contribution in [0.4, 0.5) is 0 Å². The van der Waals surface area contributed by atoms with Gasteiger partial charge < -0.3 is 14.5 Å². The van der Waals surface area contributed by atoms with Crippen LogP contribution in [-0.4, -0.2) is 40.8 Å². The number of amides is 1. The van der Waals surface area contributed by atoms with Gasteiger partial charge in [0.2, 0.25) is 0 Å². The molecule has 1 heterocycles. The van der Waals surface area contributed by atoms with E-state index in [0.29, 0.717) is 18.0 Å². The lowest BCUT2D eigenvalue weighted by atomic mass is 10.1. The smallest absolute Gasteiger partial charge is 0.275 e. The van der Waals surface area contributed by atoms with Crippen LogP contribution >= 0.6 is 0 Å². The number of aryl methyl sites for hydroxylation is 1. The summed E-state index contributed by atoms with van der Waals surface area (Å²) in [6.45, 7) is 2.33. The number of rotatable bonds is 3. The van der Waals surface area contributed by atoms with Gasteiger partial charge in [-0.3, -0.25) is 4.79 Å². The van der Waals surface area contributed by atoms with Crippen molar-refractivity contribution in [3.8, 4) is 0 Å². The third-order valence-electron chi connectivity index (χ3n) is 3.32. The van der Waals surface area contributed by atoms with Gasteiger partial charge in [-0.15, -0.1) is 0 Å². The van der Waals surface area contributed by atoms with Crippen LogP contribution in [0.2, 0.25) is 0 Å². The Labute approximate surface area is 100 Å². The maximum Gasteiger partial charge on any atom is 0.275 e. The number of aliphatic hydroxyl groups is 1. The Hall–Kier alpha value is -1.36. The lowest BCUT2D eigenvalue weighted by Gasteiger charge is -2.22. The minimum atomic E-state index is -0.274. The van der Waals surface area contributed by atoms with E-state index in [1.54, 1.807) is 24.9 Å². The van der Waals surface area contributed by atoms with Crippen LogP contribution in [0.3, 0.4) is 0 Å². The number of hydrogen-bond acceptors (Lipinski definition) is 4. The Morgan fingerprint density at radius 3 is 2.94 bits per heavy atom. The largest absolute Gasteiger partial charge is 0.393 e. The van der Waals surface area contributed by atoms with Crippen molar-refractivity contribution in [2.24, 2.45) is 5.92 Å². The molecule has 0 aromatic carbocycles. The van der Waals surface area contributed by atoms with Crippen molar-refractivity contribution in [2.75, 3.05) is 13.6 Å². The molecule has 1 amide bonds. The van der Waals surface area contributed by atoms with Crippen molar-refractivity contribution in [2.45, 2.75) is 32.3 Å². The van der Waals surface area contributed by atoms with Crippen LogP contribution in [0.5, 0.6) is 0 Å². The van der Waals surface area contributed by atoms with Crippen molar-refractivity contribution in [3.05, 3.63) is 17.5 Å². The molecule has 0 radical (unpaired) electrons. The van der Waals surface area contributed by atoms with Crippen LogP contribution in [-0.2, 0) is 0 Å². The monoisotopic (exact) mass is 238 g/mol. The van der Waals surface area contributed by atoms with E-state index >= 15 is 0 Å². The number of nitrogens with zero attached hydrogens (tertiary/aromatic N) is 2. The minimum Gasteiger partial charge on any atom is -0.393 e. The molecule has 1 aromatic rings. The van der Waals surface area contributed by atoms with Crippen LogP contribution in [0, 0.1) is 12.8 Å². The molecule has 1 fully saturated rings. The van der Waals surface area contributed by atoms with Gasteiger partial charge in [0.05, 0.1) is 6.10 Å². The highest BCUT2D eigenvalue weighted by molar-refractivity contribution is 5.92. The van der Waals surface area contributed by atoms with E-state index in [9.17, 15) is 9.90 Å². The molecular weight excluding hydrogens is 220 g/mol. The maximum atomic E-state index is 12.0. The van der Waals surface area contributed by atoms with E-state index in [4.69, 9.17) is 4.52 Å². The van der Waals surface area contributed by atoms with E-state index in [2.05, 4.69) is 5.16 Å². The molecule has 5 nitrogen and oxygen atoms in total. The lowest BCUT2D eigenvalue weighted by molar-refractivity contribution is 0.0684. The Kier molecular flexibility index (Phi) is 3.47. The average molecular weight is 238 g/mol. The summed E-state index contributed by atoms with van der Waals surface area (Å²) in [7, 11) is 1.73. The zero-order valence-electron chi connectivity index (χ0n) is 10.2. The Morgan fingerprint density at radius 2 is 2.41 bits per heavy atom. The summed E-state index contributed by atoms with van der Waals surface area (Å²) < 4.78 is 4.88. The molecule has 0 saturated heterocycles. The highest BCUT2D eigenvalue weighted by Crippen LogP contribution is 2.26. The fourth-order valence-electron chi connectivity index (χ4n) is 2.33. The molecule has 94 valence electrons. The van der Waals surface area contributed by atoms with E-state index < -0.39 is 0 Å². The summed E-state index contributed by atoms with van der Waals surface area (Å²) in [5, 5.41) is 13.4. The molecule has 2 atom stereocenters. The van der Waals surface area contributed by atoms with Crippen molar-refractivity contribution in [1.29, 1.82) is 0 Å². The standard InChI is InChI=1S/C12H18N2O3/c1-8-6-10(13-17-8)12(16)14(2)7-9-4-3-5-11(9)15/h6,9,11,15H,3-5,7H2,1-2H3. The van der Waals surface area contributed by atoms with Gasteiger partial charge in [0.15, 0.2) is 5.69 Å². The topological polar surface area (TPSA) is 66.6 Å². The second kappa shape index (κ2) is 4.87. The van der Waals surface area contributed by atoms with Crippen molar-refractivity contribution in [3.63, 3.8) is 0 Å². The Balaban J connectivity index is 1.95. The van der Waals surface area contributed by atoms with Crippen LogP contribution in [0.15, 0.2) is 10.6 Å². The fourth-order valence-corrected chi connectivity index (χ4v) is 2.33. The predicted molar refractivity (Wildman–Crippen MR) is 61.5 cm³/mol. The summed E-state index contributed by atoms with van der Waals surface area (Å²) in [6, 6.07) is 1.63. The lowest BCUT2D eigenvalue weighted by Crippen LogP contribution is -2.34. The summed E-state index contributed by atoms with van der Waals surface area (Å²) >= 11 is 0. The molecule has 1 aliphatic carbocycles. The first-order chi connectivity index (χ1) is 8.08. The molecule has 0 bridgehead atoms. The Morgan fingerprint density at radius 1 is 1.65 bits per heavy atom. The van der Waals surface area contributed by atoms with Crippen LogP contribution in [0.25, 0.3) is 0 Å². The molecule has 1 aliphatic rings. The second-order valence-electron chi connectivity index (χ2n) is 4.77. The van der Waals surface area contributed by atoms with Gasteiger partial charge in [-0.1, -0.05) is 11.6 Å². The highest BCUT2D eigenvalue weighted by atomic mass is 16.5. The van der Waals surface area contributed by atoms with Gasteiger partial charge in [-0.25, -0.2) is 0 Å². The SMILES string of the molecule is Cc1cc(C(=O)N(C)CC2CCCC2O)no1. The van der Waals surface area contributed by atoms with Gasteiger partial charge in [0, 0.05) is 25.6 Å². The molecule has 0 aliphatic heterocycles. The number of aliphatic hydroxyl groups excluding tert-OH is 1. The van der Waals surface area contributed by atoms with Gasteiger partial charge in [-0.2, -0.15) is 0 Å². The van der Waals surface area contributed by atoms with Crippen molar-refractivity contribution < 1.29 is 14.4 Å². The fraction of sp³-hybridized carbons (Fsp3) is 0.667. The van der Waals surface area contributed by atoms with Crippen molar-refractivity contribution in [1.82, 2.24) is 10.1 Å². The first-order valence-electron chi connectivity index (χ1n) is 5.95. The summed E-state index contributed by atoms with van der Waals surface area (Å²) in [4.78, 5) is 13.6. The van der Waals surface area contributed by atoms with Gasteiger partial charge in [-0.05, 0) is 19.8 Å². The summed E-state index contributed by atoms with van der Waals surface area (Å²) in [6.07, 6.45) is 2.59. The quantitative estimate of drug-likeness (QED) is 0.859. The zero-order chi connectivity index (χ0) is 12.4. The second-order valence-corrected chi connectivity index (χ2v) is 4.77. The van der Waals surface area contributed by atoms with Gasteiger partial charge in [0.1, 0.15) is 5.76 Å². The number of hydrogen-bond donors (Lipinski definition) is 1. The maximum absolute atomic E-state index is 12.0. The Bertz CT molecular complexity index is 402. The normalized spacial score (nSPS) is 23.9. The van der Waals surface area contributed by atoms with E-state index in [-0.39, 0.29) is 17.9 Å². The first kappa shape index (κ1) is 12.1. The average Bonchev–Trinajstić information content (AvgIpc) is 2.88. The number of carbonyl (C=O) groups excluding carboxylic acids is 1. The van der Waals surface area contributed by atoms with E-state index in [1.807, 2.05) is 0 Å². The molecule has 1 saturated carbocycles. The molecular formula is C12H18N2O3. The third-order valence-corrected chi connectivity index (χ3v) is 3.32. The number of aromatic nitrogens is 1. The minimum absolute atomic E-state index is 0.152. The molecule has 0 spiro atoms. The molecule has 2 unspecified atom stereocenters. The van der Waals surface area contributed by atoms with Crippen molar-refractivity contribution >= 4 is 5.91 Å². The molecule has 2 rings (SSSR count). The predicted octanol–water partition coefficient (Wildman–Crippen LogP) is 1.22. The number of carbonyl (C=O) groups is 1. The summed E-state index contributed by atoms with van der Waals surface area (Å²) in [5.41, 5.74) is 0.331. The van der Waals surface area contributed by atoms with Crippen LogP contribution in [0.1, 0.15) is 35.5 Å². The third kappa shape index (κ3) is 2.66. The van der Waals surface area contributed by atoms with E-state index in [1.165, 1.54) is 0 Å². The van der Waals surface area contributed by atoms with Crippen LogP contribution < -0.4 is 0 Å². The summed E-state index contributed by atoms with van der Waals surface area (Å²) in [5.74, 6) is 0.667. The highest BCUT2D eigenvalue weighted by Gasteiger charge is 2.28. The van der Waals surface area contributed by atoms with Gasteiger partial charge >= 0.3 is 0 Å². The zero-order valence-corrected chi connectivity index (χ0v) is 10.2. The molecule has 1 aromatic heterocycles.